The molecule has 1 fully saturated rings. The van der Waals surface area contributed by atoms with Gasteiger partial charge in [0.25, 0.3) is 0 Å². The maximum absolute atomic E-state index is 5.54. The van der Waals surface area contributed by atoms with Crippen LogP contribution < -0.4 is 14.8 Å². The molecule has 2 aromatic rings. The van der Waals surface area contributed by atoms with Crippen LogP contribution in [0.2, 0.25) is 0 Å². The van der Waals surface area contributed by atoms with Crippen molar-refractivity contribution in [3.63, 3.8) is 0 Å². The second kappa shape index (κ2) is 5.62. The number of ether oxygens (including phenoxy) is 2. The minimum atomic E-state index is 0.607. The third-order valence-electron chi connectivity index (χ3n) is 4.08. The topological polar surface area (TPSA) is 30.5 Å². The Balaban J connectivity index is 2.01. The molecular formula is C16H21NO2S. The Hall–Kier alpha value is -1.26. The third-order valence-corrected chi connectivity index (χ3v) is 5.35. The highest BCUT2D eigenvalue weighted by Crippen LogP contribution is 2.43. The van der Waals surface area contributed by atoms with Crippen molar-refractivity contribution in [2.45, 2.75) is 31.7 Å². The van der Waals surface area contributed by atoms with Gasteiger partial charge in [-0.25, -0.2) is 0 Å². The molecule has 3 rings (SSSR count). The molecule has 1 saturated heterocycles. The molecule has 1 aliphatic rings. The average Bonchev–Trinajstić information content (AvgIpc) is 2.90. The van der Waals surface area contributed by atoms with E-state index in [0.29, 0.717) is 12.0 Å². The first kappa shape index (κ1) is 13.7. The summed E-state index contributed by atoms with van der Waals surface area (Å²) in [5.74, 6) is 2.33. The molecule has 0 unspecified atom stereocenters. The van der Waals surface area contributed by atoms with Gasteiger partial charge >= 0.3 is 0 Å². The van der Waals surface area contributed by atoms with Gasteiger partial charge in [-0.1, -0.05) is 0 Å². The fourth-order valence-corrected chi connectivity index (χ4v) is 4.26. The smallest absolute Gasteiger partial charge is 0.169 e. The molecule has 0 saturated carbocycles. The molecule has 0 amide bonds. The van der Waals surface area contributed by atoms with E-state index in [0.717, 1.165) is 18.0 Å². The summed E-state index contributed by atoms with van der Waals surface area (Å²) in [5.41, 5.74) is 0. The molecule has 20 heavy (non-hydrogen) atoms. The van der Waals surface area contributed by atoms with Crippen molar-refractivity contribution in [1.29, 1.82) is 0 Å². The maximum Gasteiger partial charge on any atom is 0.169 e. The van der Waals surface area contributed by atoms with Crippen LogP contribution in [-0.2, 0) is 0 Å². The highest BCUT2D eigenvalue weighted by atomic mass is 32.1. The van der Waals surface area contributed by atoms with Crippen molar-refractivity contribution >= 4 is 21.4 Å². The van der Waals surface area contributed by atoms with Crippen LogP contribution in [0, 0.1) is 0 Å². The number of methoxy groups -OCH3 is 2. The monoisotopic (exact) mass is 291 g/mol. The standard InChI is InChI=1S/C16H21NO2S/c1-10-8-11(6-7-17-10)15-9-12-14(20-15)5-4-13(18-2)16(12)19-3/h4-5,9-11,17H,6-8H2,1-3H3/t10-,11+/m1/s1. The van der Waals surface area contributed by atoms with Crippen LogP contribution in [0.5, 0.6) is 11.5 Å². The SMILES string of the molecule is COc1ccc2sc([C@H]3CCN[C@H](C)C3)cc2c1OC. The first-order valence-electron chi connectivity index (χ1n) is 7.10. The highest BCUT2D eigenvalue weighted by Gasteiger charge is 2.22. The Morgan fingerprint density at radius 1 is 1.25 bits per heavy atom. The van der Waals surface area contributed by atoms with Crippen molar-refractivity contribution in [3.05, 3.63) is 23.1 Å². The van der Waals surface area contributed by atoms with Gasteiger partial charge in [-0.15, -0.1) is 11.3 Å². The van der Waals surface area contributed by atoms with E-state index in [1.807, 2.05) is 17.4 Å². The second-order valence-electron chi connectivity index (χ2n) is 5.44. The van der Waals surface area contributed by atoms with Crippen LogP contribution in [0.25, 0.3) is 10.1 Å². The number of nitrogens with one attached hydrogen (secondary N) is 1. The van der Waals surface area contributed by atoms with Crippen molar-refractivity contribution in [1.82, 2.24) is 5.32 Å². The van der Waals surface area contributed by atoms with Gasteiger partial charge in [-0.2, -0.15) is 0 Å². The van der Waals surface area contributed by atoms with Crippen molar-refractivity contribution in [3.8, 4) is 11.5 Å². The summed E-state index contributed by atoms with van der Waals surface area (Å²) in [7, 11) is 3.40. The number of fused-ring (bicyclic) bond motifs is 1. The predicted molar refractivity (Wildman–Crippen MR) is 84.4 cm³/mol. The van der Waals surface area contributed by atoms with Crippen LogP contribution in [0.4, 0.5) is 0 Å². The van der Waals surface area contributed by atoms with E-state index in [1.54, 1.807) is 14.2 Å². The van der Waals surface area contributed by atoms with E-state index < -0.39 is 0 Å². The summed E-state index contributed by atoms with van der Waals surface area (Å²) in [6, 6.07) is 7.03. The average molecular weight is 291 g/mol. The quantitative estimate of drug-likeness (QED) is 0.933. The Labute approximate surface area is 123 Å². The molecule has 0 bridgehead atoms. The van der Waals surface area contributed by atoms with Gasteiger partial charge in [0.15, 0.2) is 11.5 Å². The van der Waals surface area contributed by atoms with Gasteiger partial charge < -0.3 is 14.8 Å². The van der Waals surface area contributed by atoms with Crippen molar-refractivity contribution in [2.24, 2.45) is 0 Å². The van der Waals surface area contributed by atoms with Gasteiger partial charge in [-0.05, 0) is 50.4 Å². The normalized spacial score (nSPS) is 22.9. The van der Waals surface area contributed by atoms with Gasteiger partial charge in [0.1, 0.15) is 0 Å². The molecule has 108 valence electrons. The molecule has 1 aromatic heterocycles. The zero-order chi connectivity index (χ0) is 14.1. The Morgan fingerprint density at radius 2 is 2.10 bits per heavy atom. The molecule has 1 aliphatic heterocycles. The van der Waals surface area contributed by atoms with Crippen molar-refractivity contribution in [2.75, 3.05) is 20.8 Å². The number of benzene rings is 1. The first-order chi connectivity index (χ1) is 9.72. The minimum Gasteiger partial charge on any atom is -0.493 e. The van der Waals surface area contributed by atoms with Crippen LogP contribution in [0.3, 0.4) is 0 Å². The summed E-state index contributed by atoms with van der Waals surface area (Å²) in [4.78, 5) is 1.47. The lowest BCUT2D eigenvalue weighted by molar-refractivity contribution is 0.358. The molecule has 1 N–H and O–H groups in total. The third kappa shape index (κ3) is 2.38. The summed E-state index contributed by atoms with van der Waals surface area (Å²) < 4.78 is 12.2. The zero-order valence-electron chi connectivity index (χ0n) is 12.2. The molecule has 3 nitrogen and oxygen atoms in total. The van der Waals surface area contributed by atoms with E-state index in [1.165, 1.54) is 27.8 Å². The largest absolute Gasteiger partial charge is 0.493 e. The lowest BCUT2D eigenvalue weighted by Gasteiger charge is -2.27. The Morgan fingerprint density at radius 3 is 2.80 bits per heavy atom. The molecule has 0 aliphatic carbocycles. The van der Waals surface area contributed by atoms with E-state index in [2.05, 4.69) is 24.4 Å². The van der Waals surface area contributed by atoms with E-state index in [-0.39, 0.29) is 0 Å². The lowest BCUT2D eigenvalue weighted by atomic mass is 9.92. The molecule has 4 heteroatoms. The molecule has 2 heterocycles. The second-order valence-corrected chi connectivity index (χ2v) is 6.55. The number of hydrogen-bond acceptors (Lipinski definition) is 4. The van der Waals surface area contributed by atoms with Gasteiger partial charge in [-0.3, -0.25) is 0 Å². The zero-order valence-corrected chi connectivity index (χ0v) is 13.0. The molecule has 0 radical (unpaired) electrons. The summed E-state index contributed by atoms with van der Waals surface area (Å²) in [6.45, 7) is 3.38. The molecule has 2 atom stereocenters. The first-order valence-corrected chi connectivity index (χ1v) is 7.92. The molecule has 1 aromatic carbocycles. The lowest BCUT2D eigenvalue weighted by Crippen LogP contribution is -2.34. The number of hydrogen-bond donors (Lipinski definition) is 1. The highest BCUT2D eigenvalue weighted by molar-refractivity contribution is 7.19. The Bertz CT molecular complexity index is 608. The van der Waals surface area contributed by atoms with Crippen LogP contribution >= 0.6 is 11.3 Å². The molecular weight excluding hydrogens is 270 g/mol. The number of thiophene rings is 1. The number of piperidine rings is 1. The van der Waals surface area contributed by atoms with Crippen LogP contribution in [0.1, 0.15) is 30.6 Å². The van der Waals surface area contributed by atoms with E-state index >= 15 is 0 Å². The fraction of sp³-hybridized carbons (Fsp3) is 0.500. The molecule has 0 spiro atoms. The van der Waals surface area contributed by atoms with Gasteiger partial charge in [0.2, 0.25) is 0 Å². The van der Waals surface area contributed by atoms with Crippen LogP contribution in [0.15, 0.2) is 18.2 Å². The van der Waals surface area contributed by atoms with Crippen LogP contribution in [-0.4, -0.2) is 26.8 Å². The van der Waals surface area contributed by atoms with Crippen molar-refractivity contribution < 1.29 is 9.47 Å². The Kier molecular flexibility index (Phi) is 3.85. The summed E-state index contributed by atoms with van der Waals surface area (Å²) >= 11 is 1.89. The van der Waals surface area contributed by atoms with Gasteiger partial charge in [0, 0.05) is 21.0 Å². The van der Waals surface area contributed by atoms with Gasteiger partial charge in [0.05, 0.1) is 14.2 Å². The number of rotatable bonds is 3. The summed E-state index contributed by atoms with van der Waals surface area (Å²) in [6.07, 6.45) is 2.43. The predicted octanol–water partition coefficient (Wildman–Crippen LogP) is 3.77. The maximum atomic E-state index is 5.54. The van der Waals surface area contributed by atoms with E-state index in [4.69, 9.17) is 9.47 Å². The van der Waals surface area contributed by atoms with E-state index in [9.17, 15) is 0 Å². The fourth-order valence-electron chi connectivity index (χ4n) is 3.05. The summed E-state index contributed by atoms with van der Waals surface area (Å²) in [5, 5.41) is 4.69. The minimum absolute atomic E-state index is 0.607.